The highest BCUT2D eigenvalue weighted by molar-refractivity contribution is 5.83. The van der Waals surface area contributed by atoms with Crippen molar-refractivity contribution in [3.8, 4) is 5.75 Å². The fourth-order valence-electron chi connectivity index (χ4n) is 3.24. The van der Waals surface area contributed by atoms with Crippen LogP contribution in [0, 0.1) is 5.92 Å². The van der Waals surface area contributed by atoms with Gasteiger partial charge in [0.2, 0.25) is 0 Å². The lowest BCUT2D eigenvalue weighted by molar-refractivity contribution is -0.128. The number of hydrogen-bond donors (Lipinski definition) is 0. The maximum Gasteiger partial charge on any atom is 0.335 e. The first-order valence-corrected chi connectivity index (χ1v) is 8.17. The van der Waals surface area contributed by atoms with Crippen LogP contribution in [0.25, 0.3) is 0 Å². The average Bonchev–Trinajstić information content (AvgIpc) is 2.54. The second-order valence-corrected chi connectivity index (χ2v) is 6.05. The van der Waals surface area contributed by atoms with Gasteiger partial charge in [-0.15, -0.1) is 0 Å². The van der Waals surface area contributed by atoms with E-state index < -0.39 is 5.97 Å². The Morgan fingerprint density at radius 2 is 1.90 bits per heavy atom. The molecule has 0 aliphatic heterocycles. The summed E-state index contributed by atoms with van der Waals surface area (Å²) in [6.07, 6.45) is 10.6. The topological polar surface area (TPSA) is 26.3 Å². The molecule has 0 aromatic heterocycles. The molecule has 114 valence electrons. The number of esters is 1. The number of unbranched alkanes of at least 4 members (excludes halogenated alkanes) is 1. The quantitative estimate of drug-likeness (QED) is 0.406. The van der Waals surface area contributed by atoms with Crippen molar-refractivity contribution in [1.82, 2.24) is 0 Å². The zero-order valence-corrected chi connectivity index (χ0v) is 13.0. The van der Waals surface area contributed by atoms with E-state index in [4.69, 9.17) is 4.74 Å². The molecule has 2 nitrogen and oxygen atoms in total. The summed E-state index contributed by atoms with van der Waals surface area (Å²) in [7, 11) is 0. The summed E-state index contributed by atoms with van der Waals surface area (Å²) in [6.45, 7) is 5.67. The average molecular weight is 286 g/mol. The van der Waals surface area contributed by atoms with Gasteiger partial charge >= 0.3 is 5.97 Å². The number of rotatable bonds is 6. The molecule has 0 spiro atoms. The van der Waals surface area contributed by atoms with E-state index in [1.807, 2.05) is 12.1 Å². The lowest BCUT2D eigenvalue weighted by Crippen LogP contribution is -2.13. The highest BCUT2D eigenvalue weighted by Crippen LogP contribution is 2.38. The Labute approximate surface area is 128 Å². The standard InChI is InChI=1S/C19H26O2/c1-3-5-6-15-7-9-16(10-8-15)17-11-13-18(14-12-17)21-19(20)4-2/h4,11-16H,2-3,5-10H2,1H3/t15-,16-. The second kappa shape index (κ2) is 8.02. The molecule has 1 aliphatic carbocycles. The predicted octanol–water partition coefficient (Wildman–Crippen LogP) is 5.24. The third kappa shape index (κ3) is 4.73. The van der Waals surface area contributed by atoms with Gasteiger partial charge in [-0.3, -0.25) is 0 Å². The van der Waals surface area contributed by atoms with Crippen molar-refractivity contribution in [2.24, 2.45) is 5.92 Å². The highest BCUT2D eigenvalue weighted by atomic mass is 16.5. The van der Waals surface area contributed by atoms with Crippen molar-refractivity contribution in [2.75, 3.05) is 0 Å². The summed E-state index contributed by atoms with van der Waals surface area (Å²) in [5.74, 6) is 1.81. The van der Waals surface area contributed by atoms with E-state index in [-0.39, 0.29) is 0 Å². The molecule has 2 heteroatoms. The minimum Gasteiger partial charge on any atom is -0.423 e. The van der Waals surface area contributed by atoms with Crippen LogP contribution in [0.1, 0.15) is 63.4 Å². The lowest BCUT2D eigenvalue weighted by atomic mass is 9.77. The van der Waals surface area contributed by atoms with Crippen LogP contribution in [-0.2, 0) is 4.79 Å². The van der Waals surface area contributed by atoms with Crippen LogP contribution in [0.3, 0.4) is 0 Å². The third-order valence-electron chi connectivity index (χ3n) is 4.55. The minimum atomic E-state index is -0.404. The SMILES string of the molecule is C=CC(=O)Oc1ccc([C@H]2CC[C@H](CCCC)CC2)cc1. The third-order valence-corrected chi connectivity index (χ3v) is 4.55. The number of hydrogen-bond acceptors (Lipinski definition) is 2. The molecule has 2 rings (SSSR count). The van der Waals surface area contributed by atoms with Crippen molar-refractivity contribution in [2.45, 2.75) is 57.8 Å². The Kier molecular flexibility index (Phi) is 6.04. The molecule has 21 heavy (non-hydrogen) atoms. The van der Waals surface area contributed by atoms with Crippen molar-refractivity contribution < 1.29 is 9.53 Å². The molecule has 0 unspecified atom stereocenters. The van der Waals surface area contributed by atoms with Gasteiger partial charge in [-0.1, -0.05) is 44.9 Å². The smallest absolute Gasteiger partial charge is 0.335 e. The van der Waals surface area contributed by atoms with Gasteiger partial charge in [0.1, 0.15) is 5.75 Å². The Morgan fingerprint density at radius 1 is 1.24 bits per heavy atom. The molecule has 1 saturated carbocycles. The first-order chi connectivity index (χ1) is 10.2. The fourth-order valence-corrected chi connectivity index (χ4v) is 3.24. The van der Waals surface area contributed by atoms with E-state index in [0.717, 1.165) is 5.92 Å². The molecular weight excluding hydrogens is 260 g/mol. The summed E-state index contributed by atoms with van der Waals surface area (Å²) in [4.78, 5) is 11.1. The van der Waals surface area contributed by atoms with Gasteiger partial charge in [0.05, 0.1) is 0 Å². The molecule has 0 radical (unpaired) electrons. The molecule has 0 amide bonds. The molecule has 0 atom stereocenters. The van der Waals surface area contributed by atoms with Gasteiger partial charge < -0.3 is 4.74 Å². The van der Waals surface area contributed by atoms with Crippen LogP contribution in [0.15, 0.2) is 36.9 Å². The maximum atomic E-state index is 11.1. The first-order valence-electron chi connectivity index (χ1n) is 8.17. The van der Waals surface area contributed by atoms with E-state index in [1.54, 1.807) is 0 Å². The van der Waals surface area contributed by atoms with Gasteiger partial charge in [0, 0.05) is 6.08 Å². The van der Waals surface area contributed by atoms with Crippen molar-refractivity contribution in [3.05, 3.63) is 42.5 Å². The van der Waals surface area contributed by atoms with E-state index in [9.17, 15) is 4.79 Å². The number of carbonyl (C=O) groups excluding carboxylic acids is 1. The van der Waals surface area contributed by atoms with Crippen molar-refractivity contribution in [3.63, 3.8) is 0 Å². The first kappa shape index (κ1) is 15.8. The van der Waals surface area contributed by atoms with E-state index in [1.165, 1.54) is 56.6 Å². The lowest BCUT2D eigenvalue weighted by Gasteiger charge is -2.28. The Balaban J connectivity index is 1.86. The normalized spacial score (nSPS) is 21.8. The summed E-state index contributed by atoms with van der Waals surface area (Å²) < 4.78 is 5.11. The molecule has 0 bridgehead atoms. The van der Waals surface area contributed by atoms with Crippen LogP contribution in [-0.4, -0.2) is 5.97 Å². The monoisotopic (exact) mass is 286 g/mol. The highest BCUT2D eigenvalue weighted by Gasteiger charge is 2.21. The molecule has 1 aromatic carbocycles. The number of benzene rings is 1. The number of ether oxygens (including phenoxy) is 1. The van der Waals surface area contributed by atoms with Crippen LogP contribution < -0.4 is 4.74 Å². The Hall–Kier alpha value is -1.57. The zero-order chi connectivity index (χ0) is 15.1. The maximum absolute atomic E-state index is 11.1. The van der Waals surface area contributed by atoms with Gasteiger partial charge in [-0.05, 0) is 55.2 Å². The van der Waals surface area contributed by atoms with E-state index in [0.29, 0.717) is 11.7 Å². The van der Waals surface area contributed by atoms with Gasteiger partial charge in [-0.2, -0.15) is 0 Å². The minimum absolute atomic E-state index is 0.404. The summed E-state index contributed by atoms with van der Waals surface area (Å²) in [6, 6.07) is 7.98. The molecule has 0 saturated heterocycles. The van der Waals surface area contributed by atoms with Crippen LogP contribution in [0.5, 0.6) is 5.75 Å². The summed E-state index contributed by atoms with van der Waals surface area (Å²) in [5.41, 5.74) is 1.38. The van der Waals surface area contributed by atoms with Crippen molar-refractivity contribution >= 4 is 5.97 Å². The Bertz CT molecular complexity index is 453. The Morgan fingerprint density at radius 3 is 2.48 bits per heavy atom. The van der Waals surface area contributed by atoms with Gasteiger partial charge in [0.25, 0.3) is 0 Å². The van der Waals surface area contributed by atoms with Crippen LogP contribution >= 0.6 is 0 Å². The van der Waals surface area contributed by atoms with Gasteiger partial charge in [-0.25, -0.2) is 4.79 Å². The van der Waals surface area contributed by atoms with Gasteiger partial charge in [0.15, 0.2) is 0 Å². The molecule has 0 N–H and O–H groups in total. The predicted molar refractivity (Wildman–Crippen MR) is 86.5 cm³/mol. The largest absolute Gasteiger partial charge is 0.423 e. The van der Waals surface area contributed by atoms with E-state index in [2.05, 4.69) is 25.6 Å². The molecule has 1 aromatic rings. The summed E-state index contributed by atoms with van der Waals surface area (Å²) in [5, 5.41) is 0. The fraction of sp³-hybridized carbons (Fsp3) is 0.526. The zero-order valence-electron chi connectivity index (χ0n) is 13.0. The molecule has 0 heterocycles. The summed E-state index contributed by atoms with van der Waals surface area (Å²) >= 11 is 0. The van der Waals surface area contributed by atoms with Crippen LogP contribution in [0.4, 0.5) is 0 Å². The van der Waals surface area contributed by atoms with Crippen molar-refractivity contribution in [1.29, 1.82) is 0 Å². The molecule has 1 aliphatic rings. The second-order valence-electron chi connectivity index (χ2n) is 6.05. The van der Waals surface area contributed by atoms with Crippen LogP contribution in [0.2, 0.25) is 0 Å². The number of carbonyl (C=O) groups is 1. The molecular formula is C19H26O2. The van der Waals surface area contributed by atoms with E-state index >= 15 is 0 Å². The molecule has 1 fully saturated rings.